The first-order chi connectivity index (χ1) is 10.0. The second kappa shape index (κ2) is 7.07. The minimum Gasteiger partial charge on any atom is -0.361 e. The zero-order chi connectivity index (χ0) is 15.4. The van der Waals surface area contributed by atoms with E-state index < -0.39 is 0 Å². The molecule has 1 atom stereocenters. The zero-order valence-corrected chi connectivity index (χ0v) is 13.7. The fourth-order valence-electron chi connectivity index (χ4n) is 2.77. The highest BCUT2D eigenvalue weighted by Crippen LogP contribution is 2.15. The number of aryl methyl sites for hydroxylation is 2. The minimum atomic E-state index is 0.188. The summed E-state index contributed by atoms with van der Waals surface area (Å²) in [4.78, 5) is 16.8. The molecule has 0 bridgehead atoms. The molecule has 5 heteroatoms. The van der Waals surface area contributed by atoms with Crippen LogP contribution in [0.4, 0.5) is 0 Å². The predicted octanol–water partition coefficient (Wildman–Crippen LogP) is 2.02. The Labute approximate surface area is 127 Å². The van der Waals surface area contributed by atoms with Gasteiger partial charge in [0.15, 0.2) is 0 Å². The van der Waals surface area contributed by atoms with Crippen LogP contribution in [-0.2, 0) is 11.2 Å². The molecule has 2 heterocycles. The van der Waals surface area contributed by atoms with Crippen molar-refractivity contribution >= 4 is 5.91 Å². The maximum absolute atomic E-state index is 12.4. The van der Waals surface area contributed by atoms with Crippen LogP contribution < -0.4 is 0 Å². The molecule has 1 saturated heterocycles. The number of aromatic nitrogens is 1. The summed E-state index contributed by atoms with van der Waals surface area (Å²) in [6, 6.07) is 0. The lowest BCUT2D eigenvalue weighted by molar-refractivity contribution is -0.132. The highest BCUT2D eigenvalue weighted by molar-refractivity contribution is 5.79. The summed E-state index contributed by atoms with van der Waals surface area (Å²) in [6.07, 6.45) is 1.62. The van der Waals surface area contributed by atoms with Gasteiger partial charge in [0.05, 0.1) is 12.1 Å². The van der Waals surface area contributed by atoms with Crippen LogP contribution in [0.25, 0.3) is 0 Å². The topological polar surface area (TPSA) is 49.6 Å². The number of amides is 1. The van der Waals surface area contributed by atoms with Crippen LogP contribution in [0.3, 0.4) is 0 Å². The molecule has 21 heavy (non-hydrogen) atoms. The van der Waals surface area contributed by atoms with E-state index in [2.05, 4.69) is 23.9 Å². The molecule has 0 spiro atoms. The van der Waals surface area contributed by atoms with E-state index in [0.717, 1.165) is 55.7 Å². The largest absolute Gasteiger partial charge is 0.361 e. The monoisotopic (exact) mass is 293 g/mol. The van der Waals surface area contributed by atoms with Crippen molar-refractivity contribution in [2.75, 3.05) is 32.7 Å². The number of carbonyl (C=O) groups excluding carboxylic acids is 1. The van der Waals surface area contributed by atoms with Crippen LogP contribution in [-0.4, -0.2) is 53.6 Å². The SMILES string of the molecule is CC[C@H](C)CN1CCN(C(=O)Cc2c(C)noc2C)CC1. The van der Waals surface area contributed by atoms with Gasteiger partial charge in [-0.25, -0.2) is 0 Å². The highest BCUT2D eigenvalue weighted by Gasteiger charge is 2.23. The molecule has 0 aromatic carbocycles. The molecule has 1 aromatic rings. The van der Waals surface area contributed by atoms with E-state index in [1.54, 1.807) is 0 Å². The molecular formula is C16H27N3O2. The maximum atomic E-state index is 12.4. The van der Waals surface area contributed by atoms with Gasteiger partial charge in [-0.2, -0.15) is 0 Å². The summed E-state index contributed by atoms with van der Waals surface area (Å²) in [5.74, 6) is 1.68. The van der Waals surface area contributed by atoms with Crippen LogP contribution in [0.15, 0.2) is 4.52 Å². The smallest absolute Gasteiger partial charge is 0.227 e. The van der Waals surface area contributed by atoms with Gasteiger partial charge in [0.25, 0.3) is 0 Å². The van der Waals surface area contributed by atoms with Crippen molar-refractivity contribution in [2.45, 2.75) is 40.5 Å². The highest BCUT2D eigenvalue weighted by atomic mass is 16.5. The van der Waals surface area contributed by atoms with E-state index >= 15 is 0 Å². The second-order valence-corrected chi connectivity index (χ2v) is 6.17. The van der Waals surface area contributed by atoms with Gasteiger partial charge in [-0.15, -0.1) is 0 Å². The molecule has 0 N–H and O–H groups in total. The van der Waals surface area contributed by atoms with Gasteiger partial charge in [0.2, 0.25) is 5.91 Å². The Kier molecular flexibility index (Phi) is 5.39. The maximum Gasteiger partial charge on any atom is 0.227 e. The van der Waals surface area contributed by atoms with E-state index in [-0.39, 0.29) is 5.91 Å². The summed E-state index contributed by atoms with van der Waals surface area (Å²) in [5, 5.41) is 3.91. The number of carbonyl (C=O) groups is 1. The molecule has 1 aliphatic heterocycles. The zero-order valence-electron chi connectivity index (χ0n) is 13.7. The van der Waals surface area contributed by atoms with E-state index in [4.69, 9.17) is 4.52 Å². The van der Waals surface area contributed by atoms with Crippen molar-refractivity contribution in [3.63, 3.8) is 0 Å². The first-order valence-electron chi connectivity index (χ1n) is 7.93. The molecule has 0 aliphatic carbocycles. The fraction of sp³-hybridized carbons (Fsp3) is 0.750. The standard InChI is InChI=1S/C16H27N3O2/c1-5-12(2)11-18-6-8-19(9-7-18)16(20)10-15-13(3)17-21-14(15)4/h12H,5-11H2,1-4H3/t12-/m0/s1. The van der Waals surface area contributed by atoms with Gasteiger partial charge in [-0.1, -0.05) is 25.4 Å². The van der Waals surface area contributed by atoms with Crippen molar-refractivity contribution in [1.29, 1.82) is 0 Å². The Morgan fingerprint density at radius 3 is 2.48 bits per heavy atom. The van der Waals surface area contributed by atoms with Crippen LogP contribution in [0.5, 0.6) is 0 Å². The van der Waals surface area contributed by atoms with Gasteiger partial charge >= 0.3 is 0 Å². The number of rotatable bonds is 5. The van der Waals surface area contributed by atoms with E-state index in [1.807, 2.05) is 18.7 Å². The third-order valence-electron chi connectivity index (χ3n) is 4.50. The number of hydrogen-bond acceptors (Lipinski definition) is 4. The number of nitrogens with zero attached hydrogens (tertiary/aromatic N) is 3. The van der Waals surface area contributed by atoms with Crippen molar-refractivity contribution in [1.82, 2.24) is 15.0 Å². The van der Waals surface area contributed by atoms with Crippen molar-refractivity contribution < 1.29 is 9.32 Å². The average Bonchev–Trinajstić information content (AvgIpc) is 2.79. The average molecular weight is 293 g/mol. The van der Waals surface area contributed by atoms with Crippen LogP contribution >= 0.6 is 0 Å². The molecule has 1 aliphatic rings. The molecule has 2 rings (SSSR count). The minimum absolute atomic E-state index is 0.188. The summed E-state index contributed by atoms with van der Waals surface area (Å²) >= 11 is 0. The third kappa shape index (κ3) is 4.06. The Hall–Kier alpha value is -1.36. The van der Waals surface area contributed by atoms with E-state index in [0.29, 0.717) is 6.42 Å². The molecule has 1 aromatic heterocycles. The summed E-state index contributed by atoms with van der Waals surface area (Å²) in [5.41, 5.74) is 1.78. The Morgan fingerprint density at radius 2 is 1.95 bits per heavy atom. The Morgan fingerprint density at radius 1 is 1.29 bits per heavy atom. The molecule has 1 amide bonds. The fourth-order valence-corrected chi connectivity index (χ4v) is 2.77. The van der Waals surface area contributed by atoms with Crippen LogP contribution in [0.2, 0.25) is 0 Å². The lowest BCUT2D eigenvalue weighted by atomic mass is 10.1. The van der Waals surface area contributed by atoms with Crippen molar-refractivity contribution in [3.05, 3.63) is 17.0 Å². The quantitative estimate of drug-likeness (QED) is 0.833. The number of hydrogen-bond donors (Lipinski definition) is 0. The van der Waals surface area contributed by atoms with E-state index in [9.17, 15) is 4.79 Å². The first-order valence-corrected chi connectivity index (χ1v) is 7.93. The van der Waals surface area contributed by atoms with Gasteiger partial charge in [-0.05, 0) is 19.8 Å². The molecule has 0 saturated carbocycles. The normalized spacial score (nSPS) is 18.0. The molecular weight excluding hydrogens is 266 g/mol. The first kappa shape index (κ1) is 16.0. The predicted molar refractivity (Wildman–Crippen MR) is 82.2 cm³/mol. The molecule has 1 fully saturated rings. The third-order valence-corrected chi connectivity index (χ3v) is 4.50. The van der Waals surface area contributed by atoms with Gasteiger partial charge < -0.3 is 9.42 Å². The number of piperazine rings is 1. The lowest BCUT2D eigenvalue weighted by Gasteiger charge is -2.36. The van der Waals surface area contributed by atoms with Crippen molar-refractivity contribution in [2.24, 2.45) is 5.92 Å². The molecule has 0 unspecified atom stereocenters. The van der Waals surface area contributed by atoms with Gasteiger partial charge in [0, 0.05) is 38.3 Å². The van der Waals surface area contributed by atoms with Crippen LogP contribution in [0.1, 0.15) is 37.3 Å². The summed E-state index contributed by atoms with van der Waals surface area (Å²) in [7, 11) is 0. The molecule has 0 radical (unpaired) electrons. The molecule has 5 nitrogen and oxygen atoms in total. The van der Waals surface area contributed by atoms with Gasteiger partial charge in [0.1, 0.15) is 5.76 Å². The lowest BCUT2D eigenvalue weighted by Crippen LogP contribution is -2.50. The van der Waals surface area contributed by atoms with Crippen molar-refractivity contribution in [3.8, 4) is 0 Å². The van der Waals surface area contributed by atoms with Crippen LogP contribution in [0, 0.1) is 19.8 Å². The van der Waals surface area contributed by atoms with E-state index in [1.165, 1.54) is 6.42 Å². The second-order valence-electron chi connectivity index (χ2n) is 6.17. The summed E-state index contributed by atoms with van der Waals surface area (Å²) < 4.78 is 5.13. The summed E-state index contributed by atoms with van der Waals surface area (Å²) in [6.45, 7) is 13.0. The molecule has 118 valence electrons. The van der Waals surface area contributed by atoms with Gasteiger partial charge in [-0.3, -0.25) is 9.69 Å². The Balaban J connectivity index is 1.83. The Bertz CT molecular complexity index is 456.